The van der Waals surface area contributed by atoms with Crippen molar-refractivity contribution in [3.63, 3.8) is 0 Å². The van der Waals surface area contributed by atoms with E-state index in [-0.39, 0.29) is 6.61 Å². The van der Waals surface area contributed by atoms with Crippen LogP contribution in [0.15, 0.2) is 0 Å². The molecule has 0 aromatic rings. The van der Waals surface area contributed by atoms with Crippen molar-refractivity contribution in [2.75, 3.05) is 13.2 Å². The predicted molar refractivity (Wildman–Crippen MR) is 51.4 cm³/mol. The third kappa shape index (κ3) is 2.69. The van der Waals surface area contributed by atoms with Crippen LogP contribution in [0.4, 0.5) is 0 Å². The van der Waals surface area contributed by atoms with Gasteiger partial charge in [-0.05, 0) is 6.92 Å². The summed E-state index contributed by atoms with van der Waals surface area (Å²) in [6, 6.07) is 0. The second-order valence-corrected chi connectivity index (χ2v) is 3.65. The maximum Gasteiger partial charge on any atom is 0.186 e. The second-order valence-electron chi connectivity index (χ2n) is 3.65. The lowest BCUT2D eigenvalue weighted by Crippen LogP contribution is -2.61. The maximum atomic E-state index is 9.53. The Morgan fingerprint density at radius 2 is 1.81 bits per heavy atom. The minimum absolute atomic E-state index is 0.243. The Morgan fingerprint density at radius 3 is 2.31 bits per heavy atom. The van der Waals surface area contributed by atoms with Gasteiger partial charge in [0.25, 0.3) is 0 Å². The zero-order chi connectivity index (χ0) is 12.3. The van der Waals surface area contributed by atoms with E-state index < -0.39 is 43.4 Å². The van der Waals surface area contributed by atoms with Gasteiger partial charge in [0.15, 0.2) is 6.29 Å². The van der Waals surface area contributed by atoms with Gasteiger partial charge in [-0.3, -0.25) is 0 Å². The zero-order valence-electron chi connectivity index (χ0n) is 8.93. The van der Waals surface area contributed by atoms with E-state index in [1.165, 1.54) is 0 Å². The van der Waals surface area contributed by atoms with E-state index in [2.05, 4.69) is 0 Å². The highest BCUT2D eigenvalue weighted by Gasteiger charge is 2.46. The Labute approximate surface area is 92.9 Å². The first-order valence-corrected chi connectivity index (χ1v) is 5.13. The standard InChI is InChI=1S/C9H18O7/c1-2-15-9-7(14)5(12)6(13)8(16-9)4(11)3-10/h4-14H,2-3H2,1H3/t4-,5-,6+,7+,8+,9-/m1/s1. The summed E-state index contributed by atoms with van der Waals surface area (Å²) in [6.07, 6.45) is -8.03. The minimum Gasteiger partial charge on any atom is -0.394 e. The molecule has 6 atom stereocenters. The van der Waals surface area contributed by atoms with Gasteiger partial charge < -0.3 is 35.0 Å². The third-order valence-electron chi connectivity index (χ3n) is 2.50. The Kier molecular flexibility index (Phi) is 5.06. The maximum absolute atomic E-state index is 9.53. The molecule has 16 heavy (non-hydrogen) atoms. The lowest BCUT2D eigenvalue weighted by Gasteiger charge is -2.41. The highest BCUT2D eigenvalue weighted by Crippen LogP contribution is 2.23. The molecule has 0 amide bonds. The molecule has 0 spiro atoms. The molecule has 0 radical (unpaired) electrons. The summed E-state index contributed by atoms with van der Waals surface area (Å²) in [5.74, 6) is 0. The SMILES string of the molecule is CCO[C@@H]1O[C@@H]([C@H](O)CO)[C@@H](O)[C@@H](O)[C@@H]1O. The van der Waals surface area contributed by atoms with Crippen LogP contribution in [-0.4, -0.2) is 75.6 Å². The summed E-state index contributed by atoms with van der Waals surface area (Å²) in [6.45, 7) is 1.29. The van der Waals surface area contributed by atoms with Crippen LogP contribution >= 0.6 is 0 Å². The van der Waals surface area contributed by atoms with Crippen molar-refractivity contribution in [1.29, 1.82) is 0 Å². The lowest BCUT2D eigenvalue weighted by atomic mass is 9.95. The topological polar surface area (TPSA) is 120 Å². The van der Waals surface area contributed by atoms with E-state index in [0.29, 0.717) is 0 Å². The average molecular weight is 238 g/mol. The molecule has 1 aliphatic rings. The molecule has 1 fully saturated rings. The first kappa shape index (κ1) is 13.8. The van der Waals surface area contributed by atoms with Gasteiger partial charge in [-0.1, -0.05) is 0 Å². The summed E-state index contributed by atoms with van der Waals surface area (Å²) in [5, 5.41) is 46.7. The van der Waals surface area contributed by atoms with Crippen molar-refractivity contribution >= 4 is 0 Å². The average Bonchev–Trinajstić information content (AvgIpc) is 2.29. The molecular weight excluding hydrogens is 220 g/mol. The fraction of sp³-hybridized carbons (Fsp3) is 1.00. The Hall–Kier alpha value is -0.280. The summed E-state index contributed by atoms with van der Waals surface area (Å²) in [4.78, 5) is 0. The van der Waals surface area contributed by atoms with Crippen LogP contribution in [-0.2, 0) is 9.47 Å². The number of hydrogen-bond donors (Lipinski definition) is 5. The molecule has 0 unspecified atom stereocenters. The fourth-order valence-electron chi connectivity index (χ4n) is 1.60. The smallest absolute Gasteiger partial charge is 0.186 e. The molecular formula is C9H18O7. The van der Waals surface area contributed by atoms with Crippen LogP contribution < -0.4 is 0 Å². The summed E-state index contributed by atoms with van der Waals surface area (Å²) in [7, 11) is 0. The molecule has 0 saturated carbocycles. The quantitative estimate of drug-likeness (QED) is 0.358. The van der Waals surface area contributed by atoms with E-state index >= 15 is 0 Å². The van der Waals surface area contributed by atoms with Gasteiger partial charge in [-0.2, -0.15) is 0 Å². The van der Waals surface area contributed by atoms with E-state index in [1.54, 1.807) is 6.92 Å². The van der Waals surface area contributed by atoms with E-state index in [1.807, 2.05) is 0 Å². The van der Waals surface area contributed by atoms with Gasteiger partial charge in [0.1, 0.15) is 30.5 Å². The number of aliphatic hydroxyl groups excluding tert-OH is 5. The van der Waals surface area contributed by atoms with Gasteiger partial charge in [-0.25, -0.2) is 0 Å². The molecule has 7 nitrogen and oxygen atoms in total. The number of hydrogen-bond acceptors (Lipinski definition) is 7. The van der Waals surface area contributed by atoms with Gasteiger partial charge in [0, 0.05) is 6.61 Å². The van der Waals surface area contributed by atoms with Crippen LogP contribution in [0.25, 0.3) is 0 Å². The molecule has 7 heteroatoms. The predicted octanol–water partition coefficient (Wildman–Crippen LogP) is -2.82. The number of ether oxygens (including phenoxy) is 2. The molecule has 0 bridgehead atoms. The molecule has 1 aliphatic heterocycles. The zero-order valence-corrected chi connectivity index (χ0v) is 8.93. The van der Waals surface area contributed by atoms with Crippen LogP contribution in [0.3, 0.4) is 0 Å². The van der Waals surface area contributed by atoms with Crippen LogP contribution in [0.2, 0.25) is 0 Å². The van der Waals surface area contributed by atoms with Crippen molar-refractivity contribution in [3.8, 4) is 0 Å². The Balaban J connectivity index is 2.72. The summed E-state index contributed by atoms with van der Waals surface area (Å²) < 4.78 is 10.1. The molecule has 96 valence electrons. The van der Waals surface area contributed by atoms with Gasteiger partial charge in [-0.15, -0.1) is 0 Å². The van der Waals surface area contributed by atoms with Crippen molar-refractivity contribution in [2.45, 2.75) is 43.7 Å². The van der Waals surface area contributed by atoms with E-state index in [0.717, 1.165) is 0 Å². The van der Waals surface area contributed by atoms with Crippen molar-refractivity contribution in [3.05, 3.63) is 0 Å². The van der Waals surface area contributed by atoms with Crippen LogP contribution in [0, 0.1) is 0 Å². The largest absolute Gasteiger partial charge is 0.394 e. The summed E-state index contributed by atoms with van der Waals surface area (Å²) >= 11 is 0. The third-order valence-corrected chi connectivity index (χ3v) is 2.50. The normalized spacial score (nSPS) is 42.0. The molecule has 5 N–H and O–H groups in total. The minimum atomic E-state index is -1.49. The Morgan fingerprint density at radius 1 is 1.19 bits per heavy atom. The molecule has 0 aliphatic carbocycles. The van der Waals surface area contributed by atoms with Crippen molar-refractivity contribution in [1.82, 2.24) is 0 Å². The van der Waals surface area contributed by atoms with Crippen LogP contribution in [0.5, 0.6) is 0 Å². The molecule has 0 aromatic carbocycles. The Bertz CT molecular complexity index is 212. The lowest BCUT2D eigenvalue weighted by molar-refractivity contribution is -0.310. The summed E-state index contributed by atoms with van der Waals surface area (Å²) in [5.41, 5.74) is 0. The second kappa shape index (κ2) is 5.87. The van der Waals surface area contributed by atoms with Gasteiger partial charge in [0.05, 0.1) is 6.61 Å². The van der Waals surface area contributed by atoms with Crippen LogP contribution in [0.1, 0.15) is 6.92 Å². The van der Waals surface area contributed by atoms with E-state index in [9.17, 15) is 20.4 Å². The van der Waals surface area contributed by atoms with Gasteiger partial charge >= 0.3 is 0 Å². The molecule has 1 heterocycles. The molecule has 1 rings (SSSR count). The number of aliphatic hydroxyl groups is 5. The first-order valence-electron chi connectivity index (χ1n) is 5.13. The van der Waals surface area contributed by atoms with Crippen molar-refractivity contribution < 1.29 is 35.0 Å². The van der Waals surface area contributed by atoms with Gasteiger partial charge in [0.2, 0.25) is 0 Å². The number of rotatable bonds is 4. The fourth-order valence-corrected chi connectivity index (χ4v) is 1.60. The molecule has 0 aromatic heterocycles. The highest BCUT2D eigenvalue weighted by molar-refractivity contribution is 4.92. The van der Waals surface area contributed by atoms with E-state index in [4.69, 9.17) is 14.6 Å². The molecule has 1 saturated heterocycles. The highest BCUT2D eigenvalue weighted by atomic mass is 16.7. The monoisotopic (exact) mass is 238 g/mol. The van der Waals surface area contributed by atoms with Crippen molar-refractivity contribution in [2.24, 2.45) is 0 Å². The first-order chi connectivity index (χ1) is 7.52.